The van der Waals surface area contributed by atoms with Crippen LogP contribution in [-0.2, 0) is 16.0 Å². The molecule has 0 saturated carbocycles. The van der Waals surface area contributed by atoms with Crippen molar-refractivity contribution in [1.29, 1.82) is 0 Å². The van der Waals surface area contributed by atoms with Gasteiger partial charge in [-0.2, -0.15) is 0 Å². The number of fused-ring (bicyclic) bond motifs is 1. The molecule has 0 amide bonds. The highest BCUT2D eigenvalue weighted by Gasteiger charge is 2.44. The van der Waals surface area contributed by atoms with E-state index in [0.29, 0.717) is 16.7 Å². The first-order valence-corrected chi connectivity index (χ1v) is 10.3. The van der Waals surface area contributed by atoms with Crippen molar-refractivity contribution in [3.05, 3.63) is 59.7 Å². The number of phenolic OH excluding ortho intramolecular Hbond substituents is 1. The van der Waals surface area contributed by atoms with E-state index in [1.807, 2.05) is 0 Å². The molecule has 2 aliphatic rings. The molecule has 10 nitrogen and oxygen atoms in total. The van der Waals surface area contributed by atoms with E-state index in [1.165, 1.54) is 30.3 Å². The van der Waals surface area contributed by atoms with E-state index in [9.17, 15) is 35.4 Å². The van der Waals surface area contributed by atoms with Crippen molar-refractivity contribution in [1.82, 2.24) is 0 Å². The quantitative estimate of drug-likeness (QED) is 0.258. The molecule has 33 heavy (non-hydrogen) atoms. The average molecular weight is 460 g/mol. The molecule has 2 aromatic rings. The maximum atomic E-state index is 12.5. The van der Waals surface area contributed by atoms with Gasteiger partial charge in [-0.15, -0.1) is 0 Å². The van der Waals surface area contributed by atoms with Crippen molar-refractivity contribution in [2.24, 2.45) is 0 Å². The van der Waals surface area contributed by atoms with Gasteiger partial charge in [-0.3, -0.25) is 0 Å². The molecule has 0 bridgehead atoms. The maximum Gasteiger partial charge on any atom is 0.336 e. The van der Waals surface area contributed by atoms with Crippen molar-refractivity contribution in [3.8, 4) is 17.2 Å². The molecule has 0 spiro atoms. The minimum atomic E-state index is -1.60. The van der Waals surface area contributed by atoms with Gasteiger partial charge in [0.15, 0.2) is 0 Å². The van der Waals surface area contributed by atoms with Crippen LogP contribution < -0.4 is 9.47 Å². The highest BCUT2D eigenvalue weighted by Crippen LogP contribution is 2.33. The van der Waals surface area contributed by atoms with E-state index >= 15 is 0 Å². The number of ether oxygens (including phenoxy) is 3. The predicted molar refractivity (Wildman–Crippen MR) is 112 cm³/mol. The average Bonchev–Trinajstić information content (AvgIpc) is 2.79. The Morgan fingerprint density at radius 3 is 2.39 bits per heavy atom. The molecular formula is C23H24O10. The van der Waals surface area contributed by atoms with Gasteiger partial charge in [0.05, 0.1) is 12.7 Å². The lowest BCUT2D eigenvalue weighted by Gasteiger charge is -2.39. The van der Waals surface area contributed by atoms with Gasteiger partial charge in [0.2, 0.25) is 6.29 Å². The standard InChI is InChI=1S/C23H24O10/c24-10-18-20(28)21(29)22(30)23(33-18)31-14-6-3-12-7-16(26)15(9-19(27)32-17(12)8-14)11-1-4-13(25)5-2-11/h1-6,8-9,16,18,20-26,28-30H,7,10H2/t16-,18-,20-,21-,22-,23-/m0/s1. The third kappa shape index (κ3) is 4.86. The number of esters is 1. The molecule has 10 heteroatoms. The zero-order valence-electron chi connectivity index (χ0n) is 17.3. The van der Waals surface area contributed by atoms with Crippen LogP contribution in [0.3, 0.4) is 0 Å². The van der Waals surface area contributed by atoms with Crippen LogP contribution in [0.15, 0.2) is 48.5 Å². The van der Waals surface area contributed by atoms with Crippen LogP contribution in [0.4, 0.5) is 0 Å². The monoisotopic (exact) mass is 460 g/mol. The largest absolute Gasteiger partial charge is 0.508 e. The SMILES string of the molecule is O=C1C=C(c2ccc(O)cc2)[C@@H](O)Cc2ccc(O[C@H]3O[C@@H](CO)[C@H](O)[C@H](O)[C@@H]3O)cc2O1. The second-order valence-electron chi connectivity index (χ2n) is 7.87. The van der Waals surface area contributed by atoms with Gasteiger partial charge in [0.25, 0.3) is 0 Å². The highest BCUT2D eigenvalue weighted by atomic mass is 16.7. The molecule has 2 aliphatic heterocycles. The summed E-state index contributed by atoms with van der Waals surface area (Å²) in [6.45, 7) is -0.597. The number of aromatic hydroxyl groups is 1. The molecule has 6 N–H and O–H groups in total. The molecular weight excluding hydrogens is 436 g/mol. The van der Waals surface area contributed by atoms with E-state index in [1.54, 1.807) is 18.2 Å². The molecule has 0 radical (unpaired) electrons. The number of hydrogen-bond acceptors (Lipinski definition) is 10. The lowest BCUT2D eigenvalue weighted by Crippen LogP contribution is -2.60. The second kappa shape index (κ2) is 9.48. The summed E-state index contributed by atoms with van der Waals surface area (Å²) in [6, 6.07) is 10.5. The first-order chi connectivity index (χ1) is 15.8. The number of benzene rings is 2. The number of aliphatic hydroxyl groups is 5. The molecule has 2 heterocycles. The van der Waals surface area contributed by atoms with Crippen LogP contribution in [0.25, 0.3) is 5.57 Å². The molecule has 4 rings (SSSR count). The van der Waals surface area contributed by atoms with Gasteiger partial charge in [-0.25, -0.2) is 4.79 Å². The first-order valence-electron chi connectivity index (χ1n) is 10.3. The Labute approximate surface area is 188 Å². The van der Waals surface area contributed by atoms with Crippen LogP contribution >= 0.6 is 0 Å². The van der Waals surface area contributed by atoms with E-state index in [0.717, 1.165) is 0 Å². The fraction of sp³-hybridized carbons (Fsp3) is 0.348. The molecule has 0 aromatic heterocycles. The van der Waals surface area contributed by atoms with Crippen molar-refractivity contribution >= 4 is 11.5 Å². The summed E-state index contributed by atoms with van der Waals surface area (Å²) in [7, 11) is 0. The Kier molecular flexibility index (Phi) is 6.66. The minimum absolute atomic E-state index is 0.0551. The second-order valence-corrected chi connectivity index (χ2v) is 7.87. The third-order valence-electron chi connectivity index (χ3n) is 5.60. The van der Waals surface area contributed by atoms with Crippen molar-refractivity contribution in [3.63, 3.8) is 0 Å². The summed E-state index contributed by atoms with van der Waals surface area (Å²) in [5.41, 5.74) is 1.41. The molecule has 2 aromatic carbocycles. The zero-order chi connectivity index (χ0) is 23.7. The summed E-state index contributed by atoms with van der Waals surface area (Å²) < 4.78 is 16.3. The number of carbonyl (C=O) groups is 1. The van der Waals surface area contributed by atoms with E-state index in [2.05, 4.69) is 0 Å². The van der Waals surface area contributed by atoms with Crippen LogP contribution in [0.1, 0.15) is 11.1 Å². The Balaban J connectivity index is 1.55. The Morgan fingerprint density at radius 1 is 0.970 bits per heavy atom. The summed E-state index contributed by atoms with van der Waals surface area (Å²) >= 11 is 0. The van der Waals surface area contributed by atoms with E-state index < -0.39 is 49.4 Å². The van der Waals surface area contributed by atoms with Gasteiger partial charge < -0.3 is 44.8 Å². The topological polar surface area (TPSA) is 166 Å². The van der Waals surface area contributed by atoms with Crippen LogP contribution in [0.5, 0.6) is 17.2 Å². The summed E-state index contributed by atoms with van der Waals surface area (Å²) in [6.07, 6.45) is -6.97. The Morgan fingerprint density at radius 2 is 1.70 bits per heavy atom. The molecule has 176 valence electrons. The zero-order valence-corrected chi connectivity index (χ0v) is 17.3. The van der Waals surface area contributed by atoms with Crippen LogP contribution in [0, 0.1) is 0 Å². The van der Waals surface area contributed by atoms with Gasteiger partial charge in [-0.1, -0.05) is 18.2 Å². The molecule has 6 atom stereocenters. The number of carbonyl (C=O) groups excluding carboxylic acids is 1. The predicted octanol–water partition coefficient (Wildman–Crippen LogP) is -0.523. The smallest absolute Gasteiger partial charge is 0.336 e. The highest BCUT2D eigenvalue weighted by molar-refractivity contribution is 5.94. The lowest BCUT2D eigenvalue weighted by atomic mass is 9.94. The number of phenols is 1. The summed E-state index contributed by atoms with van der Waals surface area (Å²) in [5.74, 6) is -0.423. The fourth-order valence-electron chi connectivity index (χ4n) is 3.78. The summed E-state index contributed by atoms with van der Waals surface area (Å²) in [4.78, 5) is 12.5. The number of aliphatic hydroxyl groups excluding tert-OH is 5. The Bertz CT molecular complexity index is 1030. The fourth-order valence-corrected chi connectivity index (χ4v) is 3.78. The minimum Gasteiger partial charge on any atom is -0.508 e. The molecule has 1 saturated heterocycles. The van der Waals surface area contributed by atoms with Crippen molar-refractivity contribution in [2.75, 3.05) is 6.61 Å². The van der Waals surface area contributed by atoms with Crippen LogP contribution in [-0.4, -0.2) is 80.0 Å². The van der Waals surface area contributed by atoms with E-state index in [4.69, 9.17) is 14.2 Å². The summed E-state index contributed by atoms with van der Waals surface area (Å²) in [5, 5.41) is 59.5. The lowest BCUT2D eigenvalue weighted by molar-refractivity contribution is -0.277. The number of hydrogen-bond donors (Lipinski definition) is 6. The van der Waals surface area contributed by atoms with Gasteiger partial charge in [0, 0.05) is 18.6 Å². The van der Waals surface area contributed by atoms with Gasteiger partial charge in [-0.05, 0) is 34.9 Å². The van der Waals surface area contributed by atoms with Crippen molar-refractivity contribution in [2.45, 2.75) is 43.2 Å². The third-order valence-corrected chi connectivity index (χ3v) is 5.60. The van der Waals surface area contributed by atoms with Gasteiger partial charge >= 0.3 is 5.97 Å². The molecule has 1 fully saturated rings. The molecule has 0 aliphatic carbocycles. The maximum absolute atomic E-state index is 12.5. The Hall–Kier alpha value is -2.99. The number of rotatable bonds is 4. The van der Waals surface area contributed by atoms with Crippen molar-refractivity contribution < 1.29 is 49.6 Å². The molecule has 0 unspecified atom stereocenters. The van der Waals surface area contributed by atoms with Gasteiger partial charge in [0.1, 0.15) is 41.7 Å². The van der Waals surface area contributed by atoms with E-state index in [-0.39, 0.29) is 23.7 Å². The normalized spacial score (nSPS) is 29.8. The first kappa shape index (κ1) is 23.2. The van der Waals surface area contributed by atoms with Crippen LogP contribution in [0.2, 0.25) is 0 Å².